The van der Waals surface area contributed by atoms with E-state index in [1.807, 2.05) is 12.4 Å². The van der Waals surface area contributed by atoms with Crippen molar-refractivity contribution >= 4 is 0 Å². The lowest BCUT2D eigenvalue weighted by atomic mass is 10.3. The van der Waals surface area contributed by atoms with Crippen LogP contribution in [0.3, 0.4) is 0 Å². The summed E-state index contributed by atoms with van der Waals surface area (Å²) >= 11 is 0. The predicted octanol–water partition coefficient (Wildman–Crippen LogP) is 0.984. The van der Waals surface area contributed by atoms with E-state index in [4.69, 9.17) is 0 Å². The van der Waals surface area contributed by atoms with Gasteiger partial charge in [0.1, 0.15) is 11.6 Å². The maximum absolute atomic E-state index is 4.17. The predicted molar refractivity (Wildman–Crippen MR) is 52.4 cm³/mol. The molecule has 0 amide bonds. The fourth-order valence-corrected chi connectivity index (χ4v) is 1.26. The van der Waals surface area contributed by atoms with Crippen LogP contribution >= 0.6 is 0 Å². The highest BCUT2D eigenvalue weighted by Crippen LogP contribution is 2.05. The van der Waals surface area contributed by atoms with Gasteiger partial charge in [0.2, 0.25) is 0 Å². The second-order valence-electron chi connectivity index (χ2n) is 3.11. The van der Waals surface area contributed by atoms with Crippen molar-refractivity contribution in [1.29, 1.82) is 0 Å². The van der Waals surface area contributed by atoms with E-state index >= 15 is 0 Å². The zero-order valence-electron chi connectivity index (χ0n) is 7.99. The molecule has 0 aliphatic heterocycles. The summed E-state index contributed by atoms with van der Waals surface area (Å²) in [7, 11) is 0. The Morgan fingerprint density at radius 2 is 2.07 bits per heavy atom. The van der Waals surface area contributed by atoms with Crippen LogP contribution in [-0.2, 0) is 6.54 Å². The molecule has 0 bridgehead atoms. The molecule has 2 aromatic rings. The molecule has 3 N–H and O–H groups in total. The highest BCUT2D eigenvalue weighted by Gasteiger charge is 2.06. The number of H-pyrrole nitrogens is 2. The number of rotatable bonds is 4. The Morgan fingerprint density at radius 1 is 1.29 bits per heavy atom. The van der Waals surface area contributed by atoms with Crippen LogP contribution in [-0.4, -0.2) is 19.9 Å². The summed E-state index contributed by atoms with van der Waals surface area (Å²) in [4.78, 5) is 14.4. The Hall–Kier alpha value is -1.62. The topological polar surface area (TPSA) is 69.4 Å². The van der Waals surface area contributed by atoms with Gasteiger partial charge in [-0.05, 0) is 6.92 Å². The molecule has 74 valence electrons. The number of aromatic nitrogens is 4. The van der Waals surface area contributed by atoms with Crippen LogP contribution in [0.25, 0.3) is 0 Å². The Bertz CT molecular complexity index is 350. The van der Waals surface area contributed by atoms with Gasteiger partial charge in [-0.1, -0.05) is 0 Å². The van der Waals surface area contributed by atoms with E-state index < -0.39 is 0 Å². The quantitative estimate of drug-likeness (QED) is 0.674. The molecule has 1 unspecified atom stereocenters. The summed E-state index contributed by atoms with van der Waals surface area (Å²) in [5.74, 6) is 1.87. The van der Waals surface area contributed by atoms with Crippen LogP contribution in [0.5, 0.6) is 0 Å². The van der Waals surface area contributed by atoms with Gasteiger partial charge in [-0.3, -0.25) is 0 Å². The number of aromatic amines is 2. The van der Waals surface area contributed by atoms with Gasteiger partial charge < -0.3 is 15.3 Å². The average Bonchev–Trinajstić information content (AvgIpc) is 2.87. The third-order valence-electron chi connectivity index (χ3n) is 2.06. The number of nitrogens with zero attached hydrogens (tertiary/aromatic N) is 2. The lowest BCUT2D eigenvalue weighted by Gasteiger charge is -2.09. The van der Waals surface area contributed by atoms with E-state index in [2.05, 4.69) is 32.2 Å². The van der Waals surface area contributed by atoms with Gasteiger partial charge in [0.25, 0.3) is 0 Å². The van der Waals surface area contributed by atoms with E-state index in [1.165, 1.54) is 0 Å². The maximum atomic E-state index is 4.17. The molecule has 2 rings (SSSR count). The van der Waals surface area contributed by atoms with Crippen LogP contribution in [0, 0.1) is 0 Å². The monoisotopic (exact) mass is 191 g/mol. The largest absolute Gasteiger partial charge is 0.348 e. The molecule has 0 aliphatic rings. The minimum Gasteiger partial charge on any atom is -0.348 e. The molecular formula is C9H13N5. The van der Waals surface area contributed by atoms with E-state index in [1.54, 1.807) is 12.4 Å². The smallest absolute Gasteiger partial charge is 0.122 e. The second-order valence-corrected chi connectivity index (χ2v) is 3.11. The summed E-state index contributed by atoms with van der Waals surface area (Å²) in [6.45, 7) is 2.77. The molecule has 2 aromatic heterocycles. The molecule has 0 spiro atoms. The van der Waals surface area contributed by atoms with Crippen molar-refractivity contribution in [1.82, 2.24) is 25.3 Å². The minimum atomic E-state index is 0.204. The van der Waals surface area contributed by atoms with Crippen LogP contribution in [0.2, 0.25) is 0 Å². The first kappa shape index (κ1) is 8.96. The highest BCUT2D eigenvalue weighted by molar-refractivity contribution is 4.95. The van der Waals surface area contributed by atoms with E-state index in [0.29, 0.717) is 0 Å². The third kappa shape index (κ3) is 2.00. The van der Waals surface area contributed by atoms with Gasteiger partial charge in [0, 0.05) is 24.8 Å². The molecule has 0 radical (unpaired) electrons. The van der Waals surface area contributed by atoms with Crippen molar-refractivity contribution in [2.45, 2.75) is 19.5 Å². The van der Waals surface area contributed by atoms with Crippen molar-refractivity contribution in [3.8, 4) is 0 Å². The summed E-state index contributed by atoms with van der Waals surface area (Å²) in [6, 6.07) is 0.204. The van der Waals surface area contributed by atoms with Crippen LogP contribution in [0.4, 0.5) is 0 Å². The average molecular weight is 191 g/mol. The standard InChI is InChI=1S/C9H13N5/c1-7(9-12-4-5-13-9)14-6-8-10-2-3-11-8/h2-5,7,14H,6H2,1H3,(H,10,11)(H,12,13). The molecule has 14 heavy (non-hydrogen) atoms. The van der Waals surface area contributed by atoms with Crippen LogP contribution in [0.1, 0.15) is 24.6 Å². The van der Waals surface area contributed by atoms with Crippen molar-refractivity contribution in [2.24, 2.45) is 0 Å². The van der Waals surface area contributed by atoms with Crippen molar-refractivity contribution in [3.05, 3.63) is 36.4 Å². The number of nitrogens with one attached hydrogen (secondary N) is 3. The Labute approximate surface area is 82.0 Å². The second kappa shape index (κ2) is 4.06. The van der Waals surface area contributed by atoms with Gasteiger partial charge >= 0.3 is 0 Å². The Balaban J connectivity index is 1.87. The molecule has 0 saturated heterocycles. The zero-order chi connectivity index (χ0) is 9.80. The number of imidazole rings is 2. The van der Waals surface area contributed by atoms with Crippen molar-refractivity contribution < 1.29 is 0 Å². The van der Waals surface area contributed by atoms with Crippen LogP contribution in [0.15, 0.2) is 24.8 Å². The Morgan fingerprint density at radius 3 is 2.71 bits per heavy atom. The lowest BCUT2D eigenvalue weighted by molar-refractivity contribution is 0.540. The lowest BCUT2D eigenvalue weighted by Crippen LogP contribution is -2.19. The third-order valence-corrected chi connectivity index (χ3v) is 2.06. The molecule has 2 heterocycles. The van der Waals surface area contributed by atoms with E-state index in [0.717, 1.165) is 18.2 Å². The summed E-state index contributed by atoms with van der Waals surface area (Å²) in [5.41, 5.74) is 0. The summed E-state index contributed by atoms with van der Waals surface area (Å²) < 4.78 is 0. The van der Waals surface area contributed by atoms with Crippen molar-refractivity contribution in [3.63, 3.8) is 0 Å². The summed E-state index contributed by atoms with van der Waals surface area (Å²) in [5, 5.41) is 3.30. The molecule has 1 atom stereocenters. The normalized spacial score (nSPS) is 12.9. The first-order valence-corrected chi connectivity index (χ1v) is 4.57. The summed E-state index contributed by atoms with van der Waals surface area (Å²) in [6.07, 6.45) is 7.13. The molecule has 5 heteroatoms. The van der Waals surface area contributed by atoms with Gasteiger partial charge in [0.15, 0.2) is 0 Å². The zero-order valence-corrected chi connectivity index (χ0v) is 7.99. The van der Waals surface area contributed by atoms with Gasteiger partial charge in [-0.15, -0.1) is 0 Å². The molecule has 5 nitrogen and oxygen atoms in total. The van der Waals surface area contributed by atoms with E-state index in [9.17, 15) is 0 Å². The molecule has 0 saturated carbocycles. The molecule has 0 aliphatic carbocycles. The highest BCUT2D eigenvalue weighted by atomic mass is 15.0. The first-order chi connectivity index (χ1) is 6.86. The van der Waals surface area contributed by atoms with Gasteiger partial charge in [-0.25, -0.2) is 9.97 Å². The molecule has 0 aromatic carbocycles. The maximum Gasteiger partial charge on any atom is 0.122 e. The van der Waals surface area contributed by atoms with Gasteiger partial charge in [0.05, 0.1) is 12.6 Å². The van der Waals surface area contributed by atoms with Crippen molar-refractivity contribution in [2.75, 3.05) is 0 Å². The number of hydrogen-bond donors (Lipinski definition) is 3. The van der Waals surface area contributed by atoms with E-state index in [-0.39, 0.29) is 6.04 Å². The number of hydrogen-bond acceptors (Lipinski definition) is 3. The van der Waals surface area contributed by atoms with Crippen LogP contribution < -0.4 is 5.32 Å². The molecular weight excluding hydrogens is 178 g/mol. The van der Waals surface area contributed by atoms with Gasteiger partial charge in [-0.2, -0.15) is 0 Å². The molecule has 0 fully saturated rings. The SMILES string of the molecule is CC(NCc1ncc[nH]1)c1ncc[nH]1. The minimum absolute atomic E-state index is 0.204. The fourth-order valence-electron chi connectivity index (χ4n) is 1.26. The fraction of sp³-hybridized carbons (Fsp3) is 0.333. The first-order valence-electron chi connectivity index (χ1n) is 4.57. The Kier molecular flexibility index (Phi) is 2.60.